The normalized spacial score (nSPS) is 43.9. The quantitative estimate of drug-likeness (QED) is 0.366. The van der Waals surface area contributed by atoms with Gasteiger partial charge in [-0.3, -0.25) is 0 Å². The molecule has 172 valence electrons. The zero-order valence-electron chi connectivity index (χ0n) is 17.1. The number of aliphatic hydroxyl groups is 4. The summed E-state index contributed by atoms with van der Waals surface area (Å²) in [7, 11) is 1.28. The number of rotatable bonds is 6. The van der Waals surface area contributed by atoms with E-state index in [0.717, 1.165) is 0 Å². The highest BCUT2D eigenvalue weighted by atomic mass is 16.8. The van der Waals surface area contributed by atoms with Crippen LogP contribution in [0.4, 0.5) is 0 Å². The predicted molar refractivity (Wildman–Crippen MR) is 97.4 cm³/mol. The van der Waals surface area contributed by atoms with Crippen molar-refractivity contribution >= 4 is 5.97 Å². The van der Waals surface area contributed by atoms with Gasteiger partial charge in [-0.2, -0.15) is 0 Å². The van der Waals surface area contributed by atoms with E-state index in [1.165, 1.54) is 13.4 Å². The fourth-order valence-electron chi connectivity index (χ4n) is 4.19. The van der Waals surface area contributed by atoms with Crippen molar-refractivity contribution in [1.29, 1.82) is 0 Å². The minimum Gasteiger partial charge on any atom is -0.471 e. The Balaban J connectivity index is 1.82. The predicted octanol–water partition coefficient (Wildman–Crippen LogP) is -1.38. The Morgan fingerprint density at radius 2 is 1.90 bits per heavy atom. The van der Waals surface area contributed by atoms with Crippen molar-refractivity contribution in [1.82, 2.24) is 0 Å². The van der Waals surface area contributed by atoms with Crippen LogP contribution in [0.15, 0.2) is 11.8 Å². The molecular weight excluding hydrogens is 404 g/mol. The average molecular weight is 434 g/mol. The van der Waals surface area contributed by atoms with Gasteiger partial charge < -0.3 is 48.8 Å². The zero-order chi connectivity index (χ0) is 22.0. The van der Waals surface area contributed by atoms with Crippen LogP contribution >= 0.6 is 0 Å². The number of aliphatic hydroxyl groups excluding tert-OH is 4. The molecule has 0 radical (unpaired) electrons. The van der Waals surface area contributed by atoms with Gasteiger partial charge in [-0.05, 0) is 13.8 Å². The van der Waals surface area contributed by atoms with Crippen molar-refractivity contribution in [2.45, 2.75) is 69.7 Å². The van der Waals surface area contributed by atoms with Crippen molar-refractivity contribution in [3.63, 3.8) is 0 Å². The molecule has 2 fully saturated rings. The van der Waals surface area contributed by atoms with Crippen LogP contribution in [0, 0.1) is 11.8 Å². The summed E-state index contributed by atoms with van der Waals surface area (Å²) >= 11 is 0. The molecule has 3 aliphatic rings. The molecular formula is C19H30O11. The smallest absolute Gasteiger partial charge is 0.337 e. The number of carbonyl (C=O) groups excluding carboxylic acids is 1. The maximum Gasteiger partial charge on any atom is 0.337 e. The number of fused-ring (bicyclic) bond motifs is 1. The van der Waals surface area contributed by atoms with E-state index in [1.54, 1.807) is 6.92 Å². The monoisotopic (exact) mass is 434 g/mol. The lowest BCUT2D eigenvalue weighted by Gasteiger charge is -2.47. The summed E-state index contributed by atoms with van der Waals surface area (Å²) in [6.07, 6.45) is -7.51. The van der Waals surface area contributed by atoms with E-state index in [4.69, 9.17) is 28.4 Å². The molecule has 0 aliphatic carbocycles. The maximum atomic E-state index is 12.3. The van der Waals surface area contributed by atoms with Gasteiger partial charge in [-0.25, -0.2) is 4.79 Å². The molecule has 11 heteroatoms. The molecule has 30 heavy (non-hydrogen) atoms. The fraction of sp³-hybridized carbons (Fsp3) is 0.842. The first-order chi connectivity index (χ1) is 14.3. The Bertz CT molecular complexity index is 624. The lowest BCUT2D eigenvalue weighted by Crippen LogP contribution is -2.61. The van der Waals surface area contributed by atoms with Gasteiger partial charge in [-0.15, -0.1) is 0 Å². The second-order valence-corrected chi connectivity index (χ2v) is 7.55. The van der Waals surface area contributed by atoms with E-state index in [2.05, 4.69) is 0 Å². The molecule has 0 saturated carbocycles. The van der Waals surface area contributed by atoms with Crippen molar-refractivity contribution < 1.29 is 53.6 Å². The number of methoxy groups -OCH3 is 1. The van der Waals surface area contributed by atoms with Gasteiger partial charge >= 0.3 is 5.97 Å². The molecule has 3 aliphatic heterocycles. The van der Waals surface area contributed by atoms with E-state index >= 15 is 0 Å². The third kappa shape index (κ3) is 4.48. The Hall–Kier alpha value is -1.31. The molecule has 3 rings (SSSR count). The van der Waals surface area contributed by atoms with E-state index in [9.17, 15) is 25.2 Å². The van der Waals surface area contributed by atoms with E-state index < -0.39 is 67.9 Å². The standard InChI is InChI=1S/C19H30O11/c1-4-26-12-5-9-10(17(24)25-3)7-27-18(13(9)8(2)28-12)30-19-16(23)15(22)14(21)11(6-20)29-19/h7-9,11-16,18-23H,4-6H2,1-3H3/t8-,9+,11+,12+,13+,14+,15-,16+,18-,19-/m0/s1. The Labute approximate surface area is 174 Å². The summed E-state index contributed by atoms with van der Waals surface area (Å²) in [6, 6.07) is 0. The van der Waals surface area contributed by atoms with Crippen LogP contribution < -0.4 is 0 Å². The van der Waals surface area contributed by atoms with Gasteiger partial charge in [0.05, 0.1) is 37.6 Å². The molecule has 3 heterocycles. The summed E-state index contributed by atoms with van der Waals surface area (Å²) in [5.74, 6) is -1.39. The molecule has 10 atom stereocenters. The van der Waals surface area contributed by atoms with Crippen LogP contribution in [0.25, 0.3) is 0 Å². The topological polar surface area (TPSA) is 153 Å². The number of carbonyl (C=O) groups is 1. The maximum absolute atomic E-state index is 12.3. The second-order valence-electron chi connectivity index (χ2n) is 7.55. The summed E-state index contributed by atoms with van der Waals surface area (Å²) < 4.78 is 33.2. The number of esters is 1. The highest BCUT2D eigenvalue weighted by Crippen LogP contribution is 2.43. The molecule has 0 unspecified atom stereocenters. The second kappa shape index (κ2) is 9.88. The first-order valence-electron chi connectivity index (χ1n) is 9.99. The van der Waals surface area contributed by atoms with Gasteiger partial charge in [0.2, 0.25) is 6.29 Å². The third-order valence-corrected chi connectivity index (χ3v) is 5.75. The summed E-state index contributed by atoms with van der Waals surface area (Å²) in [4.78, 5) is 12.3. The Kier molecular flexibility index (Phi) is 7.69. The van der Waals surface area contributed by atoms with Crippen molar-refractivity contribution in [2.75, 3.05) is 20.3 Å². The van der Waals surface area contributed by atoms with Crippen molar-refractivity contribution in [3.8, 4) is 0 Å². The molecule has 0 aromatic heterocycles. The van der Waals surface area contributed by atoms with Gasteiger partial charge in [0.25, 0.3) is 0 Å². The summed E-state index contributed by atoms with van der Waals surface area (Å²) in [5, 5.41) is 39.6. The van der Waals surface area contributed by atoms with Crippen LogP contribution in [-0.4, -0.2) is 96.1 Å². The number of hydrogen-bond donors (Lipinski definition) is 4. The summed E-state index contributed by atoms with van der Waals surface area (Å²) in [6.45, 7) is 3.49. The first-order valence-corrected chi connectivity index (χ1v) is 9.99. The lowest BCUT2D eigenvalue weighted by atomic mass is 9.77. The molecule has 0 aromatic carbocycles. The van der Waals surface area contributed by atoms with Gasteiger partial charge in [0.1, 0.15) is 24.4 Å². The average Bonchev–Trinajstić information content (AvgIpc) is 2.73. The lowest BCUT2D eigenvalue weighted by molar-refractivity contribution is -0.353. The van der Waals surface area contributed by atoms with Gasteiger partial charge in [0.15, 0.2) is 12.6 Å². The van der Waals surface area contributed by atoms with Crippen LogP contribution in [0.3, 0.4) is 0 Å². The van der Waals surface area contributed by atoms with E-state index in [1.807, 2.05) is 6.92 Å². The number of ether oxygens (including phenoxy) is 6. The van der Waals surface area contributed by atoms with Gasteiger partial charge in [-0.1, -0.05) is 0 Å². The fourth-order valence-corrected chi connectivity index (χ4v) is 4.19. The van der Waals surface area contributed by atoms with Gasteiger partial charge in [0, 0.05) is 18.9 Å². The molecule has 0 bridgehead atoms. The SMILES string of the molecule is CCO[C@H]1C[C@@H]2C(C(=O)OC)=CO[C@@H](O[C@@H]3O[C@H](CO)[C@@H](O)[C@H](O)[C@H]3O)[C@@H]2[C@H](C)O1. The molecule has 0 aromatic rings. The van der Waals surface area contributed by atoms with E-state index in [0.29, 0.717) is 18.6 Å². The highest BCUT2D eigenvalue weighted by molar-refractivity contribution is 5.88. The minimum absolute atomic E-state index is 0.316. The van der Waals surface area contributed by atoms with Crippen molar-refractivity contribution in [2.24, 2.45) is 11.8 Å². The molecule has 0 amide bonds. The largest absolute Gasteiger partial charge is 0.471 e. The molecule has 2 saturated heterocycles. The third-order valence-electron chi connectivity index (χ3n) is 5.75. The minimum atomic E-state index is -1.58. The first kappa shape index (κ1) is 23.4. The van der Waals surface area contributed by atoms with Crippen LogP contribution in [0.2, 0.25) is 0 Å². The molecule has 11 nitrogen and oxygen atoms in total. The molecule has 4 N–H and O–H groups in total. The van der Waals surface area contributed by atoms with Crippen molar-refractivity contribution in [3.05, 3.63) is 11.8 Å². The van der Waals surface area contributed by atoms with Crippen LogP contribution in [0.1, 0.15) is 20.3 Å². The van der Waals surface area contributed by atoms with Crippen LogP contribution in [0.5, 0.6) is 0 Å². The molecule has 0 spiro atoms. The number of hydrogen-bond acceptors (Lipinski definition) is 11. The Morgan fingerprint density at radius 3 is 2.53 bits per heavy atom. The summed E-state index contributed by atoms with van der Waals surface area (Å²) in [5.41, 5.74) is 0.316. The van der Waals surface area contributed by atoms with Crippen LogP contribution in [-0.2, 0) is 33.2 Å². The Morgan fingerprint density at radius 1 is 1.17 bits per heavy atom. The van der Waals surface area contributed by atoms with E-state index in [-0.39, 0.29) is 5.92 Å². The zero-order valence-corrected chi connectivity index (χ0v) is 17.1. The highest BCUT2D eigenvalue weighted by Gasteiger charge is 2.51.